The summed E-state index contributed by atoms with van der Waals surface area (Å²) in [5.74, 6) is -3.09. The number of hydrogen-bond donors (Lipinski definition) is 3. The van der Waals surface area contributed by atoms with E-state index in [0.29, 0.717) is 11.0 Å². The number of nitrogens with one attached hydrogen (secondary N) is 2. The highest BCUT2D eigenvalue weighted by molar-refractivity contribution is 6.28. The molecular weight excluding hydrogens is 256 g/mol. The van der Waals surface area contributed by atoms with Gasteiger partial charge in [-0.3, -0.25) is 5.10 Å². The molecule has 0 aromatic carbocycles. The van der Waals surface area contributed by atoms with E-state index in [4.69, 9.17) is 16.7 Å². The second kappa shape index (κ2) is 4.38. The molecule has 6 nitrogen and oxygen atoms in total. The summed E-state index contributed by atoms with van der Waals surface area (Å²) in [7, 11) is 0. The molecule has 0 atom stereocenters. The fourth-order valence-electron chi connectivity index (χ4n) is 1.21. The Labute approximate surface area is 99.0 Å². The molecule has 2 aromatic rings. The van der Waals surface area contributed by atoms with E-state index in [1.165, 1.54) is 6.20 Å². The minimum absolute atomic E-state index is 0.0865. The molecule has 3 N–H and O–H groups in total. The van der Waals surface area contributed by atoms with E-state index >= 15 is 0 Å². The van der Waals surface area contributed by atoms with Gasteiger partial charge in [0, 0.05) is 0 Å². The Morgan fingerprint density at radius 2 is 2.24 bits per heavy atom. The highest BCUT2D eigenvalue weighted by Crippen LogP contribution is 2.21. The van der Waals surface area contributed by atoms with E-state index in [9.17, 15) is 8.78 Å². The Bertz CT molecular complexity index is 532. The predicted molar refractivity (Wildman–Crippen MR) is 57.2 cm³/mol. The van der Waals surface area contributed by atoms with Crippen LogP contribution in [-0.4, -0.2) is 44.3 Å². The number of halogens is 3. The molecule has 2 rings (SSSR count). The van der Waals surface area contributed by atoms with Crippen LogP contribution in [0, 0.1) is 0 Å². The van der Waals surface area contributed by atoms with Crippen molar-refractivity contribution in [3.8, 4) is 0 Å². The summed E-state index contributed by atoms with van der Waals surface area (Å²) in [5, 5.41) is 17.4. The quantitative estimate of drug-likeness (QED) is 0.718. The third-order valence-electron chi connectivity index (χ3n) is 2.03. The van der Waals surface area contributed by atoms with Gasteiger partial charge in [-0.2, -0.15) is 15.1 Å². The van der Waals surface area contributed by atoms with Crippen LogP contribution in [0.5, 0.6) is 0 Å². The molecule has 0 aliphatic rings. The van der Waals surface area contributed by atoms with Gasteiger partial charge in [0.25, 0.3) is 5.92 Å². The molecule has 0 fully saturated rings. The molecule has 0 bridgehead atoms. The van der Waals surface area contributed by atoms with Crippen molar-refractivity contribution >= 4 is 28.5 Å². The van der Waals surface area contributed by atoms with Crippen LogP contribution in [0.25, 0.3) is 11.0 Å². The van der Waals surface area contributed by atoms with Gasteiger partial charge >= 0.3 is 0 Å². The second-order valence-corrected chi connectivity index (χ2v) is 3.68. The molecular formula is C8H8ClF2N5O. The molecule has 0 aliphatic carbocycles. The van der Waals surface area contributed by atoms with Crippen LogP contribution in [0.15, 0.2) is 6.20 Å². The number of hydrogen-bond acceptors (Lipinski definition) is 5. The van der Waals surface area contributed by atoms with E-state index in [1.807, 2.05) is 0 Å². The summed E-state index contributed by atoms with van der Waals surface area (Å²) in [5.41, 5.74) is 0.347. The zero-order chi connectivity index (χ0) is 12.5. The van der Waals surface area contributed by atoms with Gasteiger partial charge in [-0.15, -0.1) is 0 Å². The Hall–Kier alpha value is -1.54. The fraction of sp³-hybridized carbons (Fsp3) is 0.375. The van der Waals surface area contributed by atoms with Gasteiger partial charge in [-0.25, -0.2) is 8.78 Å². The van der Waals surface area contributed by atoms with E-state index in [2.05, 4.69) is 25.5 Å². The molecule has 0 saturated carbocycles. The molecule has 0 unspecified atom stereocenters. The summed E-state index contributed by atoms with van der Waals surface area (Å²) in [6.45, 7) is -2.00. The standard InChI is InChI=1S/C8H8ClF2N5O/c9-7-14-5(12-2-8(10,11)3-17)4-1-13-16-6(4)15-7/h1,17H,2-3H2,(H2,12,13,14,15,16). The van der Waals surface area contributed by atoms with E-state index in [1.54, 1.807) is 0 Å². The third kappa shape index (κ3) is 2.59. The van der Waals surface area contributed by atoms with Gasteiger partial charge in [-0.05, 0) is 11.6 Å². The number of aliphatic hydroxyl groups excluding tert-OH is 1. The maximum Gasteiger partial charge on any atom is 0.287 e. The van der Waals surface area contributed by atoms with Crippen LogP contribution in [0.2, 0.25) is 5.28 Å². The molecule has 17 heavy (non-hydrogen) atoms. The number of anilines is 1. The number of rotatable bonds is 4. The molecule has 0 aliphatic heterocycles. The van der Waals surface area contributed by atoms with Crippen LogP contribution in [-0.2, 0) is 0 Å². The number of H-pyrrole nitrogens is 1. The van der Waals surface area contributed by atoms with Crippen LogP contribution in [0.3, 0.4) is 0 Å². The zero-order valence-corrected chi connectivity index (χ0v) is 9.17. The van der Waals surface area contributed by atoms with Gasteiger partial charge in [0.1, 0.15) is 12.4 Å². The van der Waals surface area contributed by atoms with Gasteiger partial charge in [0.2, 0.25) is 5.28 Å². The van der Waals surface area contributed by atoms with Gasteiger partial charge < -0.3 is 10.4 Å². The van der Waals surface area contributed by atoms with Crippen molar-refractivity contribution in [1.29, 1.82) is 0 Å². The second-order valence-electron chi connectivity index (χ2n) is 3.34. The molecule has 0 saturated heterocycles. The number of aromatic amines is 1. The number of nitrogens with zero attached hydrogens (tertiary/aromatic N) is 3. The van der Waals surface area contributed by atoms with Gasteiger partial charge in [0.15, 0.2) is 5.65 Å². The SMILES string of the molecule is OCC(F)(F)CNc1nc(Cl)nc2[nH]ncc12. The molecule has 0 radical (unpaired) electrons. The lowest BCUT2D eigenvalue weighted by Crippen LogP contribution is -2.31. The molecule has 2 aromatic heterocycles. The van der Waals surface area contributed by atoms with Crippen LogP contribution in [0.4, 0.5) is 14.6 Å². The third-order valence-corrected chi connectivity index (χ3v) is 2.20. The summed E-state index contributed by atoms with van der Waals surface area (Å²) < 4.78 is 25.7. The van der Waals surface area contributed by atoms with Crippen molar-refractivity contribution in [3.63, 3.8) is 0 Å². The van der Waals surface area contributed by atoms with Crippen molar-refractivity contribution in [1.82, 2.24) is 20.2 Å². The molecule has 0 spiro atoms. The first kappa shape index (κ1) is 11.9. The first-order valence-corrected chi connectivity index (χ1v) is 4.99. The normalized spacial score (nSPS) is 12.0. The minimum Gasteiger partial charge on any atom is -0.390 e. The van der Waals surface area contributed by atoms with Crippen LogP contribution in [0.1, 0.15) is 0 Å². The topological polar surface area (TPSA) is 86.7 Å². The average Bonchev–Trinajstić information content (AvgIpc) is 2.73. The smallest absolute Gasteiger partial charge is 0.287 e. The highest BCUT2D eigenvalue weighted by atomic mass is 35.5. The first-order valence-electron chi connectivity index (χ1n) is 4.61. The van der Waals surface area contributed by atoms with Gasteiger partial charge in [0.05, 0.1) is 18.1 Å². The lowest BCUT2D eigenvalue weighted by molar-refractivity contribution is -0.0373. The van der Waals surface area contributed by atoms with Crippen molar-refractivity contribution in [3.05, 3.63) is 11.5 Å². The molecule has 2 heterocycles. The van der Waals surface area contributed by atoms with Crippen molar-refractivity contribution in [2.75, 3.05) is 18.5 Å². The number of aliphatic hydroxyl groups is 1. The summed E-state index contributed by atoms with van der Waals surface area (Å²) in [6, 6.07) is 0. The maximum absolute atomic E-state index is 12.9. The lowest BCUT2D eigenvalue weighted by Gasteiger charge is -2.14. The van der Waals surface area contributed by atoms with Crippen LogP contribution < -0.4 is 5.32 Å². The van der Waals surface area contributed by atoms with Crippen molar-refractivity contribution in [2.24, 2.45) is 0 Å². The number of fused-ring (bicyclic) bond motifs is 1. The molecule has 92 valence electrons. The minimum atomic E-state index is -3.23. The largest absolute Gasteiger partial charge is 0.390 e. The summed E-state index contributed by atoms with van der Waals surface area (Å²) in [4.78, 5) is 7.60. The Kier molecular flexibility index (Phi) is 3.07. The van der Waals surface area contributed by atoms with E-state index in [0.717, 1.165) is 0 Å². The van der Waals surface area contributed by atoms with Crippen molar-refractivity contribution < 1.29 is 13.9 Å². The number of alkyl halides is 2. The Morgan fingerprint density at radius 1 is 1.47 bits per heavy atom. The predicted octanol–water partition coefficient (Wildman–Crippen LogP) is 1.05. The fourth-order valence-corrected chi connectivity index (χ4v) is 1.38. The van der Waals surface area contributed by atoms with Gasteiger partial charge in [-0.1, -0.05) is 0 Å². The highest BCUT2D eigenvalue weighted by Gasteiger charge is 2.27. The van der Waals surface area contributed by atoms with E-state index in [-0.39, 0.29) is 11.1 Å². The number of aromatic nitrogens is 4. The zero-order valence-electron chi connectivity index (χ0n) is 8.41. The average molecular weight is 264 g/mol. The Morgan fingerprint density at radius 3 is 2.94 bits per heavy atom. The first-order chi connectivity index (χ1) is 8.02. The van der Waals surface area contributed by atoms with Crippen molar-refractivity contribution in [2.45, 2.75) is 5.92 Å². The molecule has 0 amide bonds. The van der Waals surface area contributed by atoms with Crippen LogP contribution >= 0.6 is 11.6 Å². The Balaban J connectivity index is 2.26. The summed E-state index contributed by atoms with van der Waals surface area (Å²) >= 11 is 5.62. The van der Waals surface area contributed by atoms with E-state index < -0.39 is 19.1 Å². The maximum atomic E-state index is 12.9. The summed E-state index contributed by atoms with van der Waals surface area (Å²) in [6.07, 6.45) is 1.39. The molecule has 9 heteroatoms. The lowest BCUT2D eigenvalue weighted by atomic mass is 10.3. The monoisotopic (exact) mass is 263 g/mol.